The number of benzene rings is 1. The standard InChI is InChI=1S/C16H21NO4/c1-2-13-9-6-10-14(15(18)19)17(13)16(20)21-11-12-7-4-3-5-8-12/h3-5,7-8,13-14H,2,6,9-11H2,1H3,(H,18,19)/t13-,14-/m1/s1. The van der Waals surface area contributed by atoms with E-state index in [9.17, 15) is 14.7 Å². The van der Waals surface area contributed by atoms with E-state index in [0.717, 1.165) is 24.8 Å². The number of hydrogen-bond donors (Lipinski definition) is 1. The van der Waals surface area contributed by atoms with Gasteiger partial charge < -0.3 is 9.84 Å². The van der Waals surface area contributed by atoms with Crippen LogP contribution in [0.4, 0.5) is 4.79 Å². The predicted octanol–water partition coefficient (Wildman–Crippen LogP) is 3.04. The SMILES string of the molecule is CC[C@@H]1CCC[C@H](C(=O)O)N1C(=O)OCc1ccccc1. The van der Waals surface area contributed by atoms with E-state index in [1.807, 2.05) is 37.3 Å². The summed E-state index contributed by atoms with van der Waals surface area (Å²) < 4.78 is 5.30. The first-order valence-electron chi connectivity index (χ1n) is 7.35. The summed E-state index contributed by atoms with van der Waals surface area (Å²) in [5.41, 5.74) is 0.891. The van der Waals surface area contributed by atoms with Crippen LogP contribution in [0.15, 0.2) is 30.3 Å². The van der Waals surface area contributed by atoms with E-state index in [-0.39, 0.29) is 12.6 Å². The number of nitrogens with zero attached hydrogens (tertiary/aromatic N) is 1. The van der Waals surface area contributed by atoms with Crippen molar-refractivity contribution in [3.05, 3.63) is 35.9 Å². The molecule has 0 aromatic heterocycles. The molecule has 1 N–H and O–H groups in total. The van der Waals surface area contributed by atoms with Gasteiger partial charge in [0.05, 0.1) is 0 Å². The zero-order chi connectivity index (χ0) is 15.2. The van der Waals surface area contributed by atoms with Gasteiger partial charge in [0.1, 0.15) is 12.6 Å². The number of piperidine rings is 1. The number of likely N-dealkylation sites (tertiary alicyclic amines) is 1. The first-order valence-corrected chi connectivity index (χ1v) is 7.35. The second kappa shape index (κ2) is 7.11. The van der Waals surface area contributed by atoms with Gasteiger partial charge in [-0.3, -0.25) is 4.90 Å². The molecule has 114 valence electrons. The monoisotopic (exact) mass is 291 g/mol. The summed E-state index contributed by atoms with van der Waals surface area (Å²) in [6.07, 6.45) is 2.37. The molecule has 1 amide bonds. The van der Waals surface area contributed by atoms with Crippen molar-refractivity contribution in [2.75, 3.05) is 0 Å². The van der Waals surface area contributed by atoms with Crippen LogP contribution in [0.3, 0.4) is 0 Å². The quantitative estimate of drug-likeness (QED) is 0.926. The number of ether oxygens (including phenoxy) is 1. The van der Waals surface area contributed by atoms with Crippen molar-refractivity contribution in [3.8, 4) is 0 Å². The number of carbonyl (C=O) groups excluding carboxylic acids is 1. The molecule has 1 aliphatic heterocycles. The summed E-state index contributed by atoms with van der Waals surface area (Å²) in [6, 6.07) is 8.56. The Morgan fingerprint density at radius 3 is 2.62 bits per heavy atom. The third-order valence-electron chi connectivity index (χ3n) is 3.92. The lowest BCUT2D eigenvalue weighted by molar-refractivity contribution is -0.145. The number of carboxylic acids is 1. The van der Waals surface area contributed by atoms with Gasteiger partial charge in [0.25, 0.3) is 0 Å². The minimum atomic E-state index is -0.954. The Morgan fingerprint density at radius 1 is 1.29 bits per heavy atom. The number of aliphatic carboxylic acids is 1. The van der Waals surface area contributed by atoms with Gasteiger partial charge in [-0.05, 0) is 31.2 Å². The lowest BCUT2D eigenvalue weighted by Gasteiger charge is -2.38. The Balaban J connectivity index is 2.04. The Bertz CT molecular complexity index is 488. The van der Waals surface area contributed by atoms with E-state index >= 15 is 0 Å². The highest BCUT2D eigenvalue weighted by atomic mass is 16.6. The van der Waals surface area contributed by atoms with Crippen molar-refractivity contribution >= 4 is 12.1 Å². The molecule has 0 aliphatic carbocycles. The molecule has 1 aromatic rings. The summed E-state index contributed by atoms with van der Waals surface area (Å²) in [7, 11) is 0. The van der Waals surface area contributed by atoms with Gasteiger partial charge in [0, 0.05) is 6.04 Å². The molecule has 1 aliphatic rings. The topological polar surface area (TPSA) is 66.8 Å². The fourth-order valence-corrected chi connectivity index (χ4v) is 2.79. The number of hydrogen-bond acceptors (Lipinski definition) is 3. The zero-order valence-electron chi connectivity index (χ0n) is 12.2. The Morgan fingerprint density at radius 2 is 2.00 bits per heavy atom. The maximum Gasteiger partial charge on any atom is 0.411 e. The minimum absolute atomic E-state index is 0.0527. The molecule has 1 aromatic carbocycles. The average Bonchev–Trinajstić information content (AvgIpc) is 2.52. The van der Waals surface area contributed by atoms with Crippen molar-refractivity contribution in [1.29, 1.82) is 0 Å². The molecule has 5 nitrogen and oxygen atoms in total. The highest BCUT2D eigenvalue weighted by molar-refractivity contribution is 5.80. The van der Waals surface area contributed by atoms with Crippen LogP contribution in [-0.4, -0.2) is 34.2 Å². The number of rotatable bonds is 4. The molecule has 0 spiro atoms. The normalized spacial score (nSPS) is 21.9. The van der Waals surface area contributed by atoms with Gasteiger partial charge in [-0.15, -0.1) is 0 Å². The maximum atomic E-state index is 12.3. The van der Waals surface area contributed by atoms with E-state index in [4.69, 9.17) is 4.74 Å². The highest BCUT2D eigenvalue weighted by Gasteiger charge is 2.38. The predicted molar refractivity (Wildman–Crippen MR) is 77.8 cm³/mol. The zero-order valence-corrected chi connectivity index (χ0v) is 12.2. The van der Waals surface area contributed by atoms with Crippen LogP contribution in [0.25, 0.3) is 0 Å². The Hall–Kier alpha value is -2.04. The van der Waals surface area contributed by atoms with E-state index in [1.165, 1.54) is 4.90 Å². The smallest absolute Gasteiger partial charge is 0.411 e. The molecule has 0 bridgehead atoms. The molecule has 2 rings (SSSR count). The van der Waals surface area contributed by atoms with Crippen molar-refractivity contribution in [3.63, 3.8) is 0 Å². The van der Waals surface area contributed by atoms with Crippen LogP contribution in [0.2, 0.25) is 0 Å². The third kappa shape index (κ3) is 3.74. The van der Waals surface area contributed by atoms with Crippen molar-refractivity contribution in [1.82, 2.24) is 4.90 Å². The van der Waals surface area contributed by atoms with E-state index in [2.05, 4.69) is 0 Å². The minimum Gasteiger partial charge on any atom is -0.480 e. The van der Waals surface area contributed by atoms with Crippen molar-refractivity contribution < 1.29 is 19.4 Å². The molecular weight excluding hydrogens is 270 g/mol. The van der Waals surface area contributed by atoms with Crippen LogP contribution in [0, 0.1) is 0 Å². The summed E-state index contributed by atoms with van der Waals surface area (Å²) in [5, 5.41) is 9.31. The molecule has 0 unspecified atom stereocenters. The van der Waals surface area contributed by atoms with Crippen molar-refractivity contribution in [2.24, 2.45) is 0 Å². The molecule has 1 fully saturated rings. The van der Waals surface area contributed by atoms with Crippen molar-refractivity contribution in [2.45, 2.75) is 51.3 Å². The van der Waals surface area contributed by atoms with Crippen LogP contribution in [-0.2, 0) is 16.1 Å². The van der Waals surface area contributed by atoms with Gasteiger partial charge in [-0.25, -0.2) is 9.59 Å². The Kier molecular flexibility index (Phi) is 5.20. The first kappa shape index (κ1) is 15.4. The largest absolute Gasteiger partial charge is 0.480 e. The molecule has 5 heteroatoms. The Labute approximate surface area is 124 Å². The number of amides is 1. The molecule has 1 saturated heterocycles. The third-order valence-corrected chi connectivity index (χ3v) is 3.92. The molecule has 21 heavy (non-hydrogen) atoms. The van der Waals surface area contributed by atoms with Crippen LogP contribution in [0.1, 0.15) is 38.2 Å². The van der Waals surface area contributed by atoms with Crippen LogP contribution < -0.4 is 0 Å². The highest BCUT2D eigenvalue weighted by Crippen LogP contribution is 2.26. The summed E-state index contributed by atoms with van der Waals surface area (Å²) >= 11 is 0. The number of carbonyl (C=O) groups is 2. The second-order valence-corrected chi connectivity index (χ2v) is 5.29. The van der Waals surface area contributed by atoms with Gasteiger partial charge in [-0.1, -0.05) is 37.3 Å². The van der Waals surface area contributed by atoms with Gasteiger partial charge >= 0.3 is 12.1 Å². The second-order valence-electron chi connectivity index (χ2n) is 5.29. The number of carboxylic acid groups (broad SMARTS) is 1. The van der Waals surface area contributed by atoms with Gasteiger partial charge in [-0.2, -0.15) is 0 Å². The van der Waals surface area contributed by atoms with Gasteiger partial charge in [0.15, 0.2) is 0 Å². The summed E-state index contributed by atoms with van der Waals surface area (Å²) in [6.45, 7) is 2.13. The maximum absolute atomic E-state index is 12.3. The lowest BCUT2D eigenvalue weighted by Crippen LogP contribution is -2.53. The fraction of sp³-hybridized carbons (Fsp3) is 0.500. The molecule has 0 radical (unpaired) electrons. The van der Waals surface area contributed by atoms with E-state index in [1.54, 1.807) is 0 Å². The van der Waals surface area contributed by atoms with Crippen LogP contribution >= 0.6 is 0 Å². The molecular formula is C16H21NO4. The average molecular weight is 291 g/mol. The summed E-state index contributed by atoms with van der Waals surface area (Å²) in [4.78, 5) is 25.1. The summed E-state index contributed by atoms with van der Waals surface area (Å²) in [5.74, 6) is -0.954. The molecule has 0 saturated carbocycles. The molecule has 2 atom stereocenters. The van der Waals surface area contributed by atoms with E-state index < -0.39 is 18.1 Å². The molecule has 1 heterocycles. The lowest BCUT2D eigenvalue weighted by atomic mass is 9.94. The van der Waals surface area contributed by atoms with E-state index in [0.29, 0.717) is 6.42 Å². The fourth-order valence-electron chi connectivity index (χ4n) is 2.79. The van der Waals surface area contributed by atoms with Gasteiger partial charge in [0.2, 0.25) is 0 Å². The van der Waals surface area contributed by atoms with Crippen LogP contribution in [0.5, 0.6) is 0 Å². The first-order chi connectivity index (χ1) is 10.1.